The zero-order valence-corrected chi connectivity index (χ0v) is 24.5. The highest BCUT2D eigenvalue weighted by atomic mass is 35.5. The lowest BCUT2D eigenvalue weighted by atomic mass is 9.84. The van der Waals surface area contributed by atoms with E-state index in [1.807, 2.05) is 6.08 Å². The molecule has 4 N–H and O–H groups in total. The van der Waals surface area contributed by atoms with Crippen LogP contribution in [0, 0.1) is 11.6 Å². The number of fused-ring (bicyclic) bond motifs is 3. The van der Waals surface area contributed by atoms with E-state index in [0.717, 1.165) is 5.56 Å². The molecular weight excluding hydrogens is 588 g/mol. The van der Waals surface area contributed by atoms with E-state index in [0.29, 0.717) is 60.4 Å². The number of hydrogen-bond acceptors (Lipinski definition) is 7. The van der Waals surface area contributed by atoms with Gasteiger partial charge < -0.3 is 21.3 Å². The van der Waals surface area contributed by atoms with Crippen LogP contribution in [0.5, 0.6) is 0 Å². The van der Waals surface area contributed by atoms with Crippen molar-refractivity contribution in [1.29, 1.82) is 0 Å². The number of aliphatic imine (C=N–C) groups is 1. The molecule has 0 radical (unpaired) electrons. The van der Waals surface area contributed by atoms with Crippen LogP contribution in [0.25, 0.3) is 11.1 Å². The molecule has 3 aromatic rings. The van der Waals surface area contributed by atoms with E-state index < -0.39 is 17.2 Å². The van der Waals surface area contributed by atoms with Gasteiger partial charge in [0.15, 0.2) is 0 Å². The van der Waals surface area contributed by atoms with Gasteiger partial charge in [-0.15, -0.1) is 0 Å². The summed E-state index contributed by atoms with van der Waals surface area (Å²) in [6.07, 6.45) is 7.73. The van der Waals surface area contributed by atoms with E-state index in [-0.39, 0.29) is 34.1 Å². The second-order valence-corrected chi connectivity index (χ2v) is 11.2. The van der Waals surface area contributed by atoms with Crippen LogP contribution in [-0.4, -0.2) is 57.5 Å². The minimum Gasteiger partial charge on any atom is -0.358 e. The largest absolute Gasteiger partial charge is 0.358 e. The molecule has 6 rings (SSSR count). The number of nitrogens with two attached hydrogens (primary N) is 1. The summed E-state index contributed by atoms with van der Waals surface area (Å²) in [5.41, 5.74) is 8.98. The van der Waals surface area contributed by atoms with Gasteiger partial charge in [-0.1, -0.05) is 23.7 Å². The number of allylic oxidation sites excluding steroid dienone is 5. The van der Waals surface area contributed by atoms with Gasteiger partial charge in [0.25, 0.3) is 5.91 Å². The van der Waals surface area contributed by atoms with Crippen molar-refractivity contribution >= 4 is 51.4 Å². The summed E-state index contributed by atoms with van der Waals surface area (Å²) in [4.78, 5) is 40.3. The molecule has 44 heavy (non-hydrogen) atoms. The van der Waals surface area contributed by atoms with Crippen molar-refractivity contribution in [3.8, 4) is 0 Å². The van der Waals surface area contributed by atoms with E-state index in [2.05, 4.69) is 20.6 Å². The first-order chi connectivity index (χ1) is 21.2. The number of nitrogens with one attached hydrogen (secondary N) is 2. The SMILES string of the molecule is CNC(=O)C1(N)CCN(C(=O)c2ccc(Nc3ncc4c(n3)C3=CN=C(Cl)C=C(c5c(F)cccc5F)C3=CC4)cc2)CC1. The van der Waals surface area contributed by atoms with E-state index in [4.69, 9.17) is 22.3 Å². The number of piperidine rings is 1. The molecule has 0 bridgehead atoms. The van der Waals surface area contributed by atoms with Crippen molar-refractivity contribution in [2.45, 2.75) is 24.8 Å². The van der Waals surface area contributed by atoms with Gasteiger partial charge in [0, 0.05) is 54.9 Å². The first-order valence-electron chi connectivity index (χ1n) is 14.0. The fourth-order valence-electron chi connectivity index (χ4n) is 5.60. The van der Waals surface area contributed by atoms with Crippen molar-refractivity contribution in [3.05, 3.63) is 107 Å². The standard InChI is InChI=1S/C32H28ClF2N7O2/c1-37-30(44)32(36)11-13-42(14-12-32)29(43)18-5-8-20(9-6-18)40-31-39-16-19-7-10-21-22(27-24(34)3-2-4-25(27)35)15-26(33)38-17-23(21)28(19)41-31/h2-6,8-10,15-17H,7,11-14,36H2,1H3,(H,37,44)(H,39,40,41). The highest BCUT2D eigenvalue weighted by molar-refractivity contribution is 6.69. The van der Waals surface area contributed by atoms with Crippen molar-refractivity contribution < 1.29 is 18.4 Å². The molecule has 0 saturated carbocycles. The van der Waals surface area contributed by atoms with Gasteiger partial charge in [-0.3, -0.25) is 9.59 Å². The second kappa shape index (κ2) is 11.7. The maximum Gasteiger partial charge on any atom is 0.253 e. The molecule has 9 nitrogen and oxygen atoms in total. The minimum absolute atomic E-state index is 0.0763. The normalized spacial score (nSPS) is 17.2. The van der Waals surface area contributed by atoms with Crippen molar-refractivity contribution in [2.24, 2.45) is 10.7 Å². The number of carbonyl (C=O) groups is 2. The fraction of sp³-hybridized carbons (Fsp3) is 0.219. The maximum atomic E-state index is 14.8. The van der Waals surface area contributed by atoms with E-state index in [1.165, 1.54) is 30.5 Å². The lowest BCUT2D eigenvalue weighted by molar-refractivity contribution is -0.127. The van der Waals surface area contributed by atoms with Crippen molar-refractivity contribution in [1.82, 2.24) is 20.2 Å². The molecule has 2 amide bonds. The molecule has 12 heteroatoms. The number of likely N-dealkylation sites (tertiary alicyclic amines) is 1. The second-order valence-electron chi connectivity index (χ2n) is 10.8. The molecule has 1 saturated heterocycles. The van der Waals surface area contributed by atoms with Crippen LogP contribution in [-0.2, 0) is 11.2 Å². The van der Waals surface area contributed by atoms with Gasteiger partial charge in [0.05, 0.1) is 16.8 Å². The zero-order valence-electron chi connectivity index (χ0n) is 23.7. The quantitative estimate of drug-likeness (QED) is 0.381. The summed E-state index contributed by atoms with van der Waals surface area (Å²) in [6, 6.07) is 10.6. The van der Waals surface area contributed by atoms with E-state index in [1.54, 1.807) is 42.4 Å². The highest BCUT2D eigenvalue weighted by Crippen LogP contribution is 2.41. The Labute approximate surface area is 257 Å². The van der Waals surface area contributed by atoms with Gasteiger partial charge in [-0.25, -0.2) is 23.7 Å². The number of anilines is 2. The van der Waals surface area contributed by atoms with Crippen LogP contribution < -0.4 is 16.4 Å². The number of aromatic nitrogens is 2. The van der Waals surface area contributed by atoms with Crippen LogP contribution in [0.2, 0.25) is 0 Å². The summed E-state index contributed by atoms with van der Waals surface area (Å²) in [5.74, 6) is -1.50. The Morgan fingerprint density at radius 1 is 1.02 bits per heavy atom. The summed E-state index contributed by atoms with van der Waals surface area (Å²) < 4.78 is 29.6. The van der Waals surface area contributed by atoms with Crippen LogP contribution in [0.3, 0.4) is 0 Å². The topological polar surface area (TPSA) is 126 Å². The predicted molar refractivity (Wildman–Crippen MR) is 165 cm³/mol. The lowest BCUT2D eigenvalue weighted by Crippen LogP contribution is -2.59. The lowest BCUT2D eigenvalue weighted by Gasteiger charge is -2.37. The molecule has 224 valence electrons. The Bertz CT molecular complexity index is 1770. The fourth-order valence-corrected chi connectivity index (χ4v) is 5.76. The highest BCUT2D eigenvalue weighted by Gasteiger charge is 2.38. The number of benzene rings is 2. The monoisotopic (exact) mass is 615 g/mol. The molecule has 0 unspecified atom stereocenters. The number of likely N-dealkylation sites (N-methyl/N-ethyl adjacent to an activating group) is 1. The number of hydrogen-bond donors (Lipinski definition) is 3. The summed E-state index contributed by atoms with van der Waals surface area (Å²) in [5, 5.41) is 5.83. The Morgan fingerprint density at radius 2 is 1.73 bits per heavy atom. The van der Waals surface area contributed by atoms with Gasteiger partial charge in [-0.2, -0.15) is 0 Å². The molecule has 0 spiro atoms. The van der Waals surface area contributed by atoms with Crippen LogP contribution >= 0.6 is 11.6 Å². The molecule has 1 aromatic heterocycles. The smallest absolute Gasteiger partial charge is 0.253 e. The number of carbonyl (C=O) groups excluding carboxylic acids is 2. The Kier molecular flexibility index (Phi) is 7.83. The summed E-state index contributed by atoms with van der Waals surface area (Å²) >= 11 is 6.28. The van der Waals surface area contributed by atoms with Crippen LogP contribution in [0.15, 0.2) is 77.6 Å². The molecule has 2 aliphatic heterocycles. The third-order valence-corrected chi connectivity index (χ3v) is 8.26. The van der Waals surface area contributed by atoms with Crippen molar-refractivity contribution in [3.63, 3.8) is 0 Å². The summed E-state index contributed by atoms with van der Waals surface area (Å²) in [6.45, 7) is 0.765. The molecule has 0 atom stereocenters. The van der Waals surface area contributed by atoms with E-state index in [9.17, 15) is 18.4 Å². The van der Waals surface area contributed by atoms with Gasteiger partial charge in [0.2, 0.25) is 11.9 Å². The number of rotatable bonds is 5. The van der Waals surface area contributed by atoms with Gasteiger partial charge in [-0.05, 0) is 72.9 Å². The third kappa shape index (κ3) is 5.51. The molecule has 2 aromatic carbocycles. The Morgan fingerprint density at radius 3 is 2.41 bits per heavy atom. The molecule has 1 fully saturated rings. The van der Waals surface area contributed by atoms with E-state index >= 15 is 0 Å². The first kappa shape index (κ1) is 29.3. The number of halogens is 3. The minimum atomic E-state index is -0.970. The maximum absolute atomic E-state index is 14.8. The van der Waals surface area contributed by atoms with Gasteiger partial charge >= 0.3 is 0 Å². The third-order valence-electron chi connectivity index (χ3n) is 8.05. The van der Waals surface area contributed by atoms with Crippen molar-refractivity contribution in [2.75, 3.05) is 25.5 Å². The molecular formula is C32H28ClF2N7O2. The predicted octanol–water partition coefficient (Wildman–Crippen LogP) is 4.74. The summed E-state index contributed by atoms with van der Waals surface area (Å²) in [7, 11) is 1.55. The number of amides is 2. The van der Waals surface area contributed by atoms with Gasteiger partial charge in [0.1, 0.15) is 16.8 Å². The first-order valence-corrected chi connectivity index (χ1v) is 14.4. The average Bonchev–Trinajstić information content (AvgIpc) is 3.19. The molecule has 3 aliphatic rings. The zero-order chi connectivity index (χ0) is 31.0. The molecule has 1 aliphatic carbocycles. The molecule has 3 heterocycles. The number of nitrogens with zero attached hydrogens (tertiary/aromatic N) is 4. The van der Waals surface area contributed by atoms with Crippen LogP contribution in [0.1, 0.15) is 40.0 Å². The Balaban J connectivity index is 1.20. The Hall–Kier alpha value is -4.74. The van der Waals surface area contributed by atoms with Crippen LogP contribution in [0.4, 0.5) is 20.4 Å². The average molecular weight is 616 g/mol.